The number of nitrogens with one attached hydrogen (secondary N) is 1. The molecular formula is C22H22N2O4S2. The zero-order valence-electron chi connectivity index (χ0n) is 16.8. The molecule has 0 saturated heterocycles. The minimum atomic E-state index is -0.463. The molecule has 8 heteroatoms. The smallest absolute Gasteiger partial charge is 0.341 e. The maximum atomic E-state index is 13.0. The first kappa shape index (κ1) is 20.6. The largest absolute Gasteiger partial charge is 0.495 e. The average Bonchev–Trinajstić information content (AvgIpc) is 3.40. The first-order valence-electron chi connectivity index (χ1n) is 9.54. The number of esters is 1. The average molecular weight is 443 g/mol. The van der Waals surface area contributed by atoms with Crippen LogP contribution < -0.4 is 10.1 Å². The molecule has 30 heavy (non-hydrogen) atoms. The number of hydrogen-bond donors (Lipinski definition) is 1. The fourth-order valence-electron chi connectivity index (χ4n) is 3.39. The van der Waals surface area contributed by atoms with Crippen LogP contribution in [0.4, 0.5) is 5.69 Å². The Morgan fingerprint density at radius 2 is 2.03 bits per heavy atom. The third-order valence-electron chi connectivity index (χ3n) is 4.81. The normalized spacial score (nSPS) is 12.9. The molecule has 2 aromatic heterocycles. The van der Waals surface area contributed by atoms with Gasteiger partial charge in [-0.1, -0.05) is 6.07 Å². The van der Waals surface area contributed by atoms with Gasteiger partial charge >= 0.3 is 5.97 Å². The van der Waals surface area contributed by atoms with Gasteiger partial charge < -0.3 is 19.4 Å². The number of hydrogen-bond acceptors (Lipinski definition) is 6. The second-order valence-corrected chi connectivity index (χ2v) is 9.09. The summed E-state index contributed by atoms with van der Waals surface area (Å²) < 4.78 is 12.6. The van der Waals surface area contributed by atoms with Crippen LogP contribution in [0.5, 0.6) is 5.75 Å². The second-order valence-electron chi connectivity index (χ2n) is 6.90. The van der Waals surface area contributed by atoms with Crippen molar-refractivity contribution in [2.45, 2.75) is 19.1 Å². The first-order chi connectivity index (χ1) is 14.6. The predicted octanol–water partition coefficient (Wildman–Crippen LogP) is 4.44. The Balaban J connectivity index is 1.50. The molecule has 156 valence electrons. The Bertz CT molecular complexity index is 1070. The minimum Gasteiger partial charge on any atom is -0.495 e. The molecule has 0 saturated carbocycles. The van der Waals surface area contributed by atoms with E-state index in [2.05, 4.69) is 5.32 Å². The maximum absolute atomic E-state index is 13.0. The quantitative estimate of drug-likeness (QED) is 0.572. The molecule has 0 aliphatic carbocycles. The van der Waals surface area contributed by atoms with E-state index in [4.69, 9.17) is 9.47 Å². The summed E-state index contributed by atoms with van der Waals surface area (Å²) in [4.78, 5) is 26.6. The number of amides is 1. The molecule has 0 unspecified atom stereocenters. The molecule has 1 aliphatic rings. The van der Waals surface area contributed by atoms with Crippen LogP contribution >= 0.6 is 23.1 Å². The predicted molar refractivity (Wildman–Crippen MR) is 120 cm³/mol. The number of carbonyl (C=O) groups excluding carboxylic acids is 2. The molecule has 1 N–H and O–H groups in total. The summed E-state index contributed by atoms with van der Waals surface area (Å²) in [5, 5.41) is 3.61. The highest BCUT2D eigenvalue weighted by Crippen LogP contribution is 2.38. The molecule has 4 rings (SSSR count). The van der Waals surface area contributed by atoms with Crippen LogP contribution in [0.2, 0.25) is 0 Å². The van der Waals surface area contributed by atoms with E-state index in [1.54, 1.807) is 24.5 Å². The van der Waals surface area contributed by atoms with E-state index in [-0.39, 0.29) is 6.61 Å². The molecule has 0 fully saturated rings. The lowest BCUT2D eigenvalue weighted by Gasteiger charge is -2.13. The Hall–Kier alpha value is -2.71. The zero-order valence-corrected chi connectivity index (χ0v) is 18.4. The number of thioether (sulfide) groups is 1. The second kappa shape index (κ2) is 8.97. The lowest BCUT2D eigenvalue weighted by Crippen LogP contribution is -2.22. The molecule has 1 aliphatic heterocycles. The Labute approximate surface area is 183 Å². The number of anilines is 1. The van der Waals surface area contributed by atoms with Crippen molar-refractivity contribution in [3.05, 3.63) is 64.3 Å². The first-order valence-corrected chi connectivity index (χ1v) is 11.5. The van der Waals surface area contributed by atoms with Gasteiger partial charge in [-0.2, -0.15) is 11.8 Å². The van der Waals surface area contributed by atoms with Crippen molar-refractivity contribution in [1.82, 2.24) is 4.57 Å². The van der Waals surface area contributed by atoms with Gasteiger partial charge in [-0.25, -0.2) is 4.79 Å². The number of aryl methyl sites for hydroxylation is 1. The summed E-state index contributed by atoms with van der Waals surface area (Å²) in [6.45, 7) is 1.57. The highest BCUT2D eigenvalue weighted by molar-refractivity contribution is 7.98. The Morgan fingerprint density at radius 1 is 1.23 bits per heavy atom. The number of benzene rings is 1. The monoisotopic (exact) mass is 442 g/mol. The number of nitrogens with zero attached hydrogens (tertiary/aromatic N) is 1. The Kier molecular flexibility index (Phi) is 6.15. The topological polar surface area (TPSA) is 69.6 Å². The number of ether oxygens (including phenoxy) is 2. The van der Waals surface area contributed by atoms with Crippen molar-refractivity contribution in [3.8, 4) is 10.8 Å². The van der Waals surface area contributed by atoms with Gasteiger partial charge in [-0.15, -0.1) is 11.3 Å². The summed E-state index contributed by atoms with van der Waals surface area (Å²) in [6.07, 6.45) is 4.66. The minimum absolute atomic E-state index is 0.361. The molecule has 6 nitrogen and oxygen atoms in total. The molecular weight excluding hydrogens is 420 g/mol. The van der Waals surface area contributed by atoms with E-state index in [0.717, 1.165) is 34.1 Å². The van der Waals surface area contributed by atoms with Crippen molar-refractivity contribution < 1.29 is 19.1 Å². The van der Waals surface area contributed by atoms with Crippen molar-refractivity contribution in [3.63, 3.8) is 0 Å². The molecule has 1 amide bonds. The third kappa shape index (κ3) is 4.24. The molecule has 0 bridgehead atoms. The highest BCUT2D eigenvalue weighted by atomic mass is 32.2. The fourth-order valence-corrected chi connectivity index (χ4v) is 5.82. The Morgan fingerprint density at radius 3 is 2.80 bits per heavy atom. The van der Waals surface area contributed by atoms with Crippen molar-refractivity contribution in [2.75, 3.05) is 24.8 Å². The van der Waals surface area contributed by atoms with Gasteiger partial charge in [0, 0.05) is 23.0 Å². The van der Waals surface area contributed by atoms with Crippen LogP contribution in [0.3, 0.4) is 0 Å². The number of rotatable bonds is 6. The summed E-state index contributed by atoms with van der Waals surface area (Å²) in [5.74, 6) is 1.56. The summed E-state index contributed by atoms with van der Waals surface area (Å²) in [6, 6.07) is 9.34. The van der Waals surface area contributed by atoms with Crippen LogP contribution in [-0.4, -0.2) is 35.9 Å². The van der Waals surface area contributed by atoms with Crippen LogP contribution in [-0.2, 0) is 21.7 Å². The van der Waals surface area contributed by atoms with Crippen LogP contribution in [0.25, 0.3) is 5.00 Å². The van der Waals surface area contributed by atoms with E-state index in [1.165, 1.54) is 4.88 Å². The molecule has 3 aromatic rings. The lowest BCUT2D eigenvalue weighted by atomic mass is 10.1. The van der Waals surface area contributed by atoms with Crippen molar-refractivity contribution in [1.29, 1.82) is 0 Å². The summed E-state index contributed by atoms with van der Waals surface area (Å²) in [7, 11) is 1.54. The van der Waals surface area contributed by atoms with Crippen LogP contribution in [0.15, 0.2) is 42.7 Å². The highest BCUT2D eigenvalue weighted by Gasteiger charge is 2.27. The zero-order chi connectivity index (χ0) is 21.1. The van der Waals surface area contributed by atoms with Crippen LogP contribution in [0, 0.1) is 6.92 Å². The molecule has 0 spiro atoms. The van der Waals surface area contributed by atoms with Crippen molar-refractivity contribution in [2.24, 2.45) is 0 Å². The fraction of sp³-hybridized carbons (Fsp3) is 0.273. The van der Waals surface area contributed by atoms with Gasteiger partial charge in [0.15, 0.2) is 6.61 Å². The van der Waals surface area contributed by atoms with Gasteiger partial charge in [0.1, 0.15) is 10.8 Å². The standard InChI is InChI=1S/C22H22N2O4S2/c1-14-5-6-17(27-2)16(11-14)23-19(25)12-28-22(26)20-15-7-10-29-13-18(15)30-21(20)24-8-3-4-9-24/h3-6,8-9,11H,7,10,12-13H2,1-2H3,(H,23,25). The molecule has 0 atom stereocenters. The maximum Gasteiger partial charge on any atom is 0.341 e. The van der Waals surface area contributed by atoms with Gasteiger partial charge in [0.05, 0.1) is 18.4 Å². The number of aromatic nitrogens is 1. The van der Waals surface area contributed by atoms with Crippen LogP contribution in [0.1, 0.15) is 26.4 Å². The number of methoxy groups -OCH3 is 1. The van der Waals surface area contributed by atoms with Gasteiger partial charge in [0.2, 0.25) is 0 Å². The third-order valence-corrected chi connectivity index (χ3v) is 7.22. The van der Waals surface area contributed by atoms with Gasteiger partial charge in [-0.05, 0) is 54.5 Å². The molecule has 0 radical (unpaired) electrons. The summed E-state index contributed by atoms with van der Waals surface area (Å²) in [5.41, 5.74) is 3.17. The van der Waals surface area contributed by atoms with Gasteiger partial charge in [0.25, 0.3) is 5.91 Å². The lowest BCUT2D eigenvalue weighted by molar-refractivity contribution is -0.119. The molecule has 1 aromatic carbocycles. The van der Waals surface area contributed by atoms with Crippen molar-refractivity contribution >= 4 is 40.7 Å². The van der Waals surface area contributed by atoms with E-state index in [9.17, 15) is 9.59 Å². The van der Waals surface area contributed by atoms with E-state index in [0.29, 0.717) is 17.0 Å². The summed E-state index contributed by atoms with van der Waals surface area (Å²) >= 11 is 3.48. The SMILES string of the molecule is COc1ccc(C)cc1NC(=O)COC(=O)c1c(-n2cccc2)sc2c1CCSC2. The number of fused-ring (bicyclic) bond motifs is 1. The molecule has 3 heterocycles. The van der Waals surface area contributed by atoms with E-state index >= 15 is 0 Å². The van der Waals surface area contributed by atoms with E-state index in [1.807, 2.05) is 59.9 Å². The van der Waals surface area contributed by atoms with Gasteiger partial charge in [-0.3, -0.25) is 4.79 Å². The number of thiophene rings is 1. The van der Waals surface area contributed by atoms with E-state index < -0.39 is 11.9 Å². The number of carbonyl (C=O) groups is 2.